The van der Waals surface area contributed by atoms with Gasteiger partial charge in [-0.15, -0.1) is 20.4 Å². The molecule has 5 nitrogen and oxygen atoms in total. The first-order chi connectivity index (χ1) is 11.9. The smallest absolute Gasteiger partial charge is 0.173 e. The van der Waals surface area contributed by atoms with Gasteiger partial charge in [-0.3, -0.25) is 0 Å². The van der Waals surface area contributed by atoms with Crippen LogP contribution in [-0.2, 0) is 6.42 Å². The summed E-state index contributed by atoms with van der Waals surface area (Å²) in [5.74, 6) is 0.688. The molecule has 1 fully saturated rings. The van der Waals surface area contributed by atoms with Gasteiger partial charge >= 0.3 is 0 Å². The highest BCUT2D eigenvalue weighted by Crippen LogP contribution is 2.24. The van der Waals surface area contributed by atoms with Crippen LogP contribution in [-0.4, -0.2) is 26.4 Å². The molecule has 144 valence electrons. The molecule has 0 aromatic carbocycles. The maximum Gasteiger partial charge on any atom is 0.173 e. The van der Waals surface area contributed by atoms with Crippen LogP contribution in [0.25, 0.3) is 0 Å². The average Bonchev–Trinajstić information content (AvgIpc) is 2.59. The van der Waals surface area contributed by atoms with E-state index in [9.17, 15) is 0 Å². The lowest BCUT2D eigenvalue weighted by Crippen LogP contribution is -2.33. The molecule has 1 saturated carbocycles. The number of nitrogens with one attached hydrogen (secondary N) is 1. The summed E-state index contributed by atoms with van der Waals surface area (Å²) in [6.07, 6.45) is 11.8. The summed E-state index contributed by atoms with van der Waals surface area (Å²) >= 11 is 0. The van der Waals surface area contributed by atoms with Crippen LogP contribution in [0.3, 0.4) is 0 Å². The van der Waals surface area contributed by atoms with Gasteiger partial charge in [0.05, 0.1) is 0 Å². The van der Waals surface area contributed by atoms with Gasteiger partial charge in [-0.2, -0.15) is 0 Å². The minimum atomic E-state index is 0.197. The summed E-state index contributed by atoms with van der Waals surface area (Å²) in [6, 6.07) is 0.678. The lowest BCUT2D eigenvalue weighted by molar-refractivity contribution is 0.371. The van der Waals surface area contributed by atoms with Gasteiger partial charge in [0.1, 0.15) is 0 Å². The van der Waals surface area contributed by atoms with Crippen molar-refractivity contribution >= 4 is 0 Å². The van der Waals surface area contributed by atoms with Crippen molar-refractivity contribution in [3.05, 3.63) is 24.4 Å². The second-order valence-electron chi connectivity index (χ2n) is 7.23. The van der Waals surface area contributed by atoms with E-state index < -0.39 is 0 Å². The summed E-state index contributed by atoms with van der Waals surface area (Å²) in [5, 5.41) is 18.0. The largest absolute Gasteiger partial charge is 0.386 e. The Bertz CT molecular complexity index is 431. The molecule has 0 aliphatic heterocycles. The zero-order valence-corrected chi connectivity index (χ0v) is 17.3. The minimum Gasteiger partial charge on any atom is -0.386 e. The van der Waals surface area contributed by atoms with Crippen molar-refractivity contribution in [2.45, 2.75) is 99.0 Å². The average molecular weight is 350 g/mol. The van der Waals surface area contributed by atoms with E-state index in [4.69, 9.17) is 0 Å². The molecule has 0 spiro atoms. The van der Waals surface area contributed by atoms with Crippen LogP contribution >= 0.6 is 0 Å². The summed E-state index contributed by atoms with van der Waals surface area (Å²) in [7, 11) is 0. The fourth-order valence-corrected chi connectivity index (χ4v) is 2.43. The van der Waals surface area contributed by atoms with Crippen molar-refractivity contribution in [3.63, 3.8) is 0 Å². The molecule has 0 unspecified atom stereocenters. The molecule has 25 heavy (non-hydrogen) atoms. The van der Waals surface area contributed by atoms with Crippen LogP contribution in [0.5, 0.6) is 0 Å². The Hall–Kier alpha value is -1.52. The number of hydrogen-bond donors (Lipinski definition) is 1. The van der Waals surface area contributed by atoms with Crippen LogP contribution in [0.2, 0.25) is 0 Å². The zero-order chi connectivity index (χ0) is 19.1. The standard InChI is InChI=1S/C14H27N.C4H6N4.C2H6/c1-12(14(2,3)4)15-13-10-8-6-5-7-9-11-13;1-2-4-7-5-3-6-8-4;1-2/h13,15H,1,5-11H2,2-4H3;3H,2H2,1H3;1-2H3. The predicted molar refractivity (Wildman–Crippen MR) is 106 cm³/mol. The molecule has 2 rings (SSSR count). The molecule has 0 saturated heterocycles. The summed E-state index contributed by atoms with van der Waals surface area (Å²) in [5.41, 5.74) is 1.40. The minimum absolute atomic E-state index is 0.197. The maximum absolute atomic E-state index is 4.16. The first-order valence-electron chi connectivity index (χ1n) is 9.88. The van der Waals surface area contributed by atoms with Crippen molar-refractivity contribution in [2.24, 2.45) is 5.41 Å². The van der Waals surface area contributed by atoms with E-state index in [-0.39, 0.29) is 5.41 Å². The summed E-state index contributed by atoms with van der Waals surface area (Å²) < 4.78 is 0. The Kier molecular flexibility index (Phi) is 12.9. The highest BCUT2D eigenvalue weighted by atomic mass is 15.3. The van der Waals surface area contributed by atoms with Crippen molar-refractivity contribution in [3.8, 4) is 0 Å². The Balaban J connectivity index is 0.000000483. The van der Waals surface area contributed by atoms with Gasteiger partial charge in [0.2, 0.25) is 0 Å². The van der Waals surface area contributed by atoms with E-state index in [1.165, 1.54) is 57.0 Å². The molecule has 5 heteroatoms. The van der Waals surface area contributed by atoms with Crippen LogP contribution in [0.1, 0.15) is 92.3 Å². The maximum atomic E-state index is 4.16. The molecule has 1 aromatic rings. The monoisotopic (exact) mass is 349 g/mol. The fraction of sp³-hybridized carbons (Fsp3) is 0.800. The van der Waals surface area contributed by atoms with Gasteiger partial charge in [0.15, 0.2) is 12.2 Å². The second-order valence-corrected chi connectivity index (χ2v) is 7.23. The van der Waals surface area contributed by atoms with E-state index in [1.54, 1.807) is 0 Å². The molecular formula is C20H39N5. The highest BCUT2D eigenvalue weighted by molar-refractivity contribution is 5.04. The van der Waals surface area contributed by atoms with E-state index >= 15 is 0 Å². The van der Waals surface area contributed by atoms with Crippen molar-refractivity contribution < 1.29 is 0 Å². The molecular weight excluding hydrogens is 310 g/mol. The van der Waals surface area contributed by atoms with Crippen LogP contribution in [0.15, 0.2) is 18.6 Å². The molecule has 0 bridgehead atoms. The molecule has 1 heterocycles. The van der Waals surface area contributed by atoms with Gasteiger partial charge in [-0.1, -0.05) is 80.2 Å². The second kappa shape index (κ2) is 13.7. The van der Waals surface area contributed by atoms with Gasteiger partial charge in [0, 0.05) is 23.6 Å². The van der Waals surface area contributed by atoms with Gasteiger partial charge in [0.25, 0.3) is 0 Å². The number of hydrogen-bond acceptors (Lipinski definition) is 5. The normalized spacial score (nSPS) is 15.4. The van der Waals surface area contributed by atoms with Crippen molar-refractivity contribution in [1.29, 1.82) is 0 Å². The molecule has 0 atom stereocenters. The van der Waals surface area contributed by atoms with Crippen LogP contribution in [0, 0.1) is 5.41 Å². The SMILES string of the molecule is C=C(NC1CCCCCCC1)C(C)(C)C.CC.CCc1nncnn1. The lowest BCUT2D eigenvalue weighted by Gasteiger charge is -2.29. The number of nitrogens with zero attached hydrogens (tertiary/aromatic N) is 4. The number of aromatic nitrogens is 4. The Morgan fingerprint density at radius 3 is 1.92 bits per heavy atom. The first-order valence-corrected chi connectivity index (χ1v) is 9.88. The molecule has 0 radical (unpaired) electrons. The van der Waals surface area contributed by atoms with Crippen molar-refractivity contribution in [2.75, 3.05) is 0 Å². The van der Waals surface area contributed by atoms with Crippen molar-refractivity contribution in [1.82, 2.24) is 25.7 Å². The lowest BCUT2D eigenvalue weighted by atomic mass is 9.90. The molecule has 1 N–H and O–H groups in total. The van der Waals surface area contributed by atoms with Gasteiger partial charge < -0.3 is 5.32 Å². The third kappa shape index (κ3) is 11.6. The number of aryl methyl sites for hydroxylation is 1. The topological polar surface area (TPSA) is 63.6 Å². The van der Waals surface area contributed by atoms with Gasteiger partial charge in [-0.05, 0) is 12.8 Å². The first kappa shape index (κ1) is 23.5. The zero-order valence-electron chi connectivity index (χ0n) is 17.3. The Morgan fingerprint density at radius 1 is 1.04 bits per heavy atom. The number of rotatable bonds is 3. The van der Waals surface area contributed by atoms with E-state index in [0.717, 1.165) is 6.42 Å². The van der Waals surface area contributed by atoms with Crippen LogP contribution < -0.4 is 5.32 Å². The quantitative estimate of drug-likeness (QED) is 0.822. The van der Waals surface area contributed by atoms with E-state index in [2.05, 4.69) is 53.1 Å². The molecule has 1 aromatic heterocycles. The third-order valence-electron chi connectivity index (χ3n) is 4.15. The summed E-state index contributed by atoms with van der Waals surface area (Å²) in [6.45, 7) is 16.8. The third-order valence-corrected chi connectivity index (χ3v) is 4.15. The molecule has 1 aliphatic carbocycles. The number of allylic oxidation sites excluding steroid dienone is 1. The van der Waals surface area contributed by atoms with Gasteiger partial charge in [-0.25, -0.2) is 0 Å². The van der Waals surface area contributed by atoms with E-state index in [1.807, 2.05) is 20.8 Å². The van der Waals surface area contributed by atoms with E-state index in [0.29, 0.717) is 11.9 Å². The Labute approximate surface area is 155 Å². The predicted octanol–water partition coefficient (Wildman–Crippen LogP) is 5.10. The summed E-state index contributed by atoms with van der Waals surface area (Å²) in [4.78, 5) is 0. The fourth-order valence-electron chi connectivity index (χ4n) is 2.43. The Morgan fingerprint density at radius 2 is 1.52 bits per heavy atom. The highest BCUT2D eigenvalue weighted by Gasteiger charge is 2.18. The van der Waals surface area contributed by atoms with Crippen LogP contribution in [0.4, 0.5) is 0 Å². The molecule has 0 amide bonds. The molecule has 1 aliphatic rings.